The van der Waals surface area contributed by atoms with Gasteiger partial charge in [0, 0.05) is 38.0 Å². The number of ketones is 1. The van der Waals surface area contributed by atoms with Gasteiger partial charge in [-0.1, -0.05) is 13.8 Å². The summed E-state index contributed by atoms with van der Waals surface area (Å²) in [7, 11) is 0. The van der Waals surface area contributed by atoms with Crippen LogP contribution >= 0.6 is 0 Å². The van der Waals surface area contributed by atoms with E-state index in [-0.39, 0.29) is 5.92 Å². The summed E-state index contributed by atoms with van der Waals surface area (Å²) in [5, 5.41) is 0. The molecule has 2 atom stereocenters. The minimum atomic E-state index is 0.255. The molecule has 0 N–H and O–H groups in total. The van der Waals surface area contributed by atoms with Crippen molar-refractivity contribution in [1.82, 2.24) is 9.80 Å². The zero-order valence-corrected chi connectivity index (χ0v) is 10.6. The Hall–Kier alpha value is -0.410. The molecule has 16 heavy (non-hydrogen) atoms. The fourth-order valence-electron chi connectivity index (χ4n) is 2.99. The number of likely N-dealkylation sites (tertiary alicyclic amines) is 2. The van der Waals surface area contributed by atoms with Gasteiger partial charge in [0.25, 0.3) is 0 Å². The number of likely N-dealkylation sites (N-methyl/N-ethyl adjacent to an activating group) is 1. The first kappa shape index (κ1) is 12.1. The number of carbonyl (C=O) groups is 1. The van der Waals surface area contributed by atoms with Crippen LogP contribution in [0.25, 0.3) is 0 Å². The van der Waals surface area contributed by atoms with Crippen LogP contribution in [-0.4, -0.2) is 54.3 Å². The Morgan fingerprint density at radius 2 is 2.12 bits per heavy atom. The molecule has 0 amide bonds. The molecule has 3 nitrogen and oxygen atoms in total. The van der Waals surface area contributed by atoms with Gasteiger partial charge in [-0.2, -0.15) is 0 Å². The van der Waals surface area contributed by atoms with Gasteiger partial charge in [0.1, 0.15) is 5.78 Å². The summed E-state index contributed by atoms with van der Waals surface area (Å²) in [5.74, 6) is 0.713. The van der Waals surface area contributed by atoms with Crippen LogP contribution in [0.2, 0.25) is 0 Å². The summed E-state index contributed by atoms with van der Waals surface area (Å²) in [4.78, 5) is 16.6. The second-order valence-corrected chi connectivity index (χ2v) is 5.30. The molecule has 0 radical (unpaired) electrons. The van der Waals surface area contributed by atoms with Crippen molar-refractivity contribution < 1.29 is 4.79 Å². The summed E-state index contributed by atoms with van der Waals surface area (Å²) in [6.45, 7) is 9.93. The Morgan fingerprint density at radius 1 is 1.31 bits per heavy atom. The fourth-order valence-corrected chi connectivity index (χ4v) is 2.99. The molecule has 92 valence electrons. The maximum atomic E-state index is 11.5. The zero-order valence-electron chi connectivity index (χ0n) is 10.6. The van der Waals surface area contributed by atoms with Crippen molar-refractivity contribution in [3.05, 3.63) is 0 Å². The monoisotopic (exact) mass is 224 g/mol. The molecule has 0 saturated carbocycles. The average Bonchev–Trinajstić information content (AvgIpc) is 2.33. The highest BCUT2D eigenvalue weighted by Crippen LogP contribution is 2.21. The highest BCUT2D eigenvalue weighted by molar-refractivity contribution is 5.81. The molecule has 2 unspecified atom stereocenters. The van der Waals surface area contributed by atoms with Gasteiger partial charge in [-0.3, -0.25) is 9.69 Å². The Labute approximate surface area is 98.8 Å². The first-order valence-corrected chi connectivity index (χ1v) is 6.69. The van der Waals surface area contributed by atoms with E-state index in [0.717, 1.165) is 19.5 Å². The predicted octanol–water partition coefficient (Wildman–Crippen LogP) is 1.38. The van der Waals surface area contributed by atoms with Crippen LogP contribution in [-0.2, 0) is 4.79 Å². The number of piperidine rings is 2. The Kier molecular flexibility index (Phi) is 3.98. The zero-order chi connectivity index (χ0) is 11.5. The van der Waals surface area contributed by atoms with Gasteiger partial charge in [0.15, 0.2) is 0 Å². The minimum Gasteiger partial charge on any atom is -0.302 e. The Morgan fingerprint density at radius 3 is 2.81 bits per heavy atom. The average molecular weight is 224 g/mol. The number of Topliss-reactive ketones (excluding diaryl/α,β-unsaturated/α-hetero) is 1. The summed E-state index contributed by atoms with van der Waals surface area (Å²) in [5.41, 5.74) is 0. The van der Waals surface area contributed by atoms with Gasteiger partial charge in [0.2, 0.25) is 0 Å². The fraction of sp³-hybridized carbons (Fsp3) is 0.923. The SMILES string of the molecule is CCN1CCCC(N2CCC(=O)C(C)C2)C1. The number of nitrogens with zero attached hydrogens (tertiary/aromatic N) is 2. The summed E-state index contributed by atoms with van der Waals surface area (Å²) in [6.07, 6.45) is 3.40. The number of hydrogen-bond acceptors (Lipinski definition) is 3. The van der Waals surface area contributed by atoms with Crippen LogP contribution in [0, 0.1) is 5.92 Å². The molecule has 0 aliphatic carbocycles. The van der Waals surface area contributed by atoms with Gasteiger partial charge in [-0.15, -0.1) is 0 Å². The molecular weight excluding hydrogens is 200 g/mol. The highest BCUT2D eigenvalue weighted by Gasteiger charge is 2.30. The minimum absolute atomic E-state index is 0.255. The topological polar surface area (TPSA) is 23.6 Å². The Bertz CT molecular complexity index is 254. The van der Waals surface area contributed by atoms with Gasteiger partial charge in [-0.05, 0) is 25.9 Å². The predicted molar refractivity (Wildman–Crippen MR) is 65.5 cm³/mol. The molecule has 0 aromatic rings. The van der Waals surface area contributed by atoms with Crippen molar-refractivity contribution in [3.63, 3.8) is 0 Å². The third-order valence-corrected chi connectivity index (χ3v) is 4.15. The van der Waals surface area contributed by atoms with Crippen molar-refractivity contribution >= 4 is 5.78 Å². The molecule has 2 saturated heterocycles. The van der Waals surface area contributed by atoms with E-state index in [1.807, 2.05) is 0 Å². The van der Waals surface area contributed by atoms with Crippen LogP contribution < -0.4 is 0 Å². The van der Waals surface area contributed by atoms with Crippen molar-refractivity contribution in [2.24, 2.45) is 5.92 Å². The Balaban J connectivity index is 1.89. The quantitative estimate of drug-likeness (QED) is 0.708. The smallest absolute Gasteiger partial charge is 0.138 e. The lowest BCUT2D eigenvalue weighted by Crippen LogP contribution is -2.52. The van der Waals surface area contributed by atoms with E-state index in [9.17, 15) is 4.79 Å². The summed E-state index contributed by atoms with van der Waals surface area (Å²) >= 11 is 0. The van der Waals surface area contributed by atoms with Crippen LogP contribution in [0.4, 0.5) is 0 Å². The van der Waals surface area contributed by atoms with E-state index in [1.54, 1.807) is 0 Å². The molecule has 0 spiro atoms. The van der Waals surface area contributed by atoms with Crippen LogP contribution in [0.15, 0.2) is 0 Å². The van der Waals surface area contributed by atoms with Crippen molar-refractivity contribution in [3.8, 4) is 0 Å². The van der Waals surface area contributed by atoms with E-state index in [1.165, 1.54) is 32.5 Å². The molecule has 2 aliphatic heterocycles. The maximum Gasteiger partial charge on any atom is 0.138 e. The van der Waals surface area contributed by atoms with Crippen molar-refractivity contribution in [1.29, 1.82) is 0 Å². The van der Waals surface area contributed by atoms with Gasteiger partial charge < -0.3 is 4.90 Å². The molecule has 3 heteroatoms. The normalized spacial score (nSPS) is 34.2. The maximum absolute atomic E-state index is 11.5. The van der Waals surface area contributed by atoms with Crippen LogP contribution in [0.3, 0.4) is 0 Å². The largest absolute Gasteiger partial charge is 0.302 e. The molecule has 2 heterocycles. The van der Waals surface area contributed by atoms with E-state index < -0.39 is 0 Å². The van der Waals surface area contributed by atoms with E-state index in [0.29, 0.717) is 11.8 Å². The second-order valence-electron chi connectivity index (χ2n) is 5.30. The third-order valence-electron chi connectivity index (χ3n) is 4.15. The number of rotatable bonds is 2. The van der Waals surface area contributed by atoms with Crippen LogP contribution in [0.5, 0.6) is 0 Å². The number of hydrogen-bond donors (Lipinski definition) is 0. The molecule has 2 aliphatic rings. The van der Waals surface area contributed by atoms with Gasteiger partial charge >= 0.3 is 0 Å². The number of carbonyl (C=O) groups excluding carboxylic acids is 1. The van der Waals surface area contributed by atoms with E-state index in [2.05, 4.69) is 23.6 Å². The second kappa shape index (κ2) is 5.28. The van der Waals surface area contributed by atoms with Crippen molar-refractivity contribution in [2.75, 3.05) is 32.7 Å². The highest BCUT2D eigenvalue weighted by atomic mass is 16.1. The molecule has 0 aromatic carbocycles. The molecule has 2 rings (SSSR count). The lowest BCUT2D eigenvalue weighted by molar-refractivity contribution is -0.126. The third kappa shape index (κ3) is 2.64. The van der Waals surface area contributed by atoms with Crippen molar-refractivity contribution in [2.45, 2.75) is 39.2 Å². The lowest BCUT2D eigenvalue weighted by Gasteiger charge is -2.41. The molecule has 0 aromatic heterocycles. The first-order valence-electron chi connectivity index (χ1n) is 6.69. The summed E-state index contributed by atoms with van der Waals surface area (Å²) < 4.78 is 0. The van der Waals surface area contributed by atoms with E-state index in [4.69, 9.17) is 0 Å². The standard InChI is InChI=1S/C13H24N2O/c1-3-14-7-4-5-12(10-14)15-8-6-13(16)11(2)9-15/h11-12H,3-10H2,1-2H3. The molecular formula is C13H24N2O. The molecule has 0 bridgehead atoms. The van der Waals surface area contributed by atoms with Gasteiger partial charge in [0.05, 0.1) is 0 Å². The van der Waals surface area contributed by atoms with Crippen LogP contribution in [0.1, 0.15) is 33.1 Å². The lowest BCUT2D eigenvalue weighted by atomic mass is 9.94. The molecule has 2 fully saturated rings. The summed E-state index contributed by atoms with van der Waals surface area (Å²) in [6, 6.07) is 0.698. The first-order chi connectivity index (χ1) is 7.70. The van der Waals surface area contributed by atoms with Gasteiger partial charge in [-0.25, -0.2) is 0 Å². The van der Waals surface area contributed by atoms with E-state index >= 15 is 0 Å².